The molecule has 1 aliphatic carbocycles. The van der Waals surface area contributed by atoms with E-state index in [4.69, 9.17) is 0 Å². The van der Waals surface area contributed by atoms with Crippen LogP contribution in [0.4, 0.5) is 0 Å². The zero-order valence-corrected chi connectivity index (χ0v) is 30.5. The van der Waals surface area contributed by atoms with Gasteiger partial charge >= 0.3 is 0 Å². The molecule has 0 radical (unpaired) electrons. The Balaban J connectivity index is 1.44. The Bertz CT molecular complexity index is 2280. The lowest BCUT2D eigenvalue weighted by Gasteiger charge is -2.28. The van der Waals surface area contributed by atoms with E-state index >= 15 is 0 Å². The first-order valence-electron chi connectivity index (χ1n) is 17.8. The van der Waals surface area contributed by atoms with Crippen LogP contribution in [0.25, 0.3) is 61.0 Å². The van der Waals surface area contributed by atoms with Gasteiger partial charge in [0.25, 0.3) is 0 Å². The molecule has 6 aromatic rings. The summed E-state index contributed by atoms with van der Waals surface area (Å²) in [5, 5.41) is 5.24. The molecule has 0 aromatic heterocycles. The predicted octanol–water partition coefficient (Wildman–Crippen LogP) is 14.2. The van der Waals surface area contributed by atoms with E-state index < -0.39 is 0 Å². The Morgan fingerprint density at radius 3 is 2.08 bits per heavy atom. The molecule has 0 spiro atoms. The van der Waals surface area contributed by atoms with Gasteiger partial charge in [-0.2, -0.15) is 0 Å². The van der Waals surface area contributed by atoms with E-state index in [9.17, 15) is 0 Å². The maximum Gasteiger partial charge on any atom is 0.0145 e. The summed E-state index contributed by atoms with van der Waals surface area (Å²) in [6.07, 6.45) is 19.2. The number of allylic oxidation sites excluding steroid dienone is 5. The molecule has 0 fully saturated rings. The molecular weight excluding hydrogens is 609 g/mol. The van der Waals surface area contributed by atoms with Crippen LogP contribution >= 0.6 is 11.8 Å². The summed E-state index contributed by atoms with van der Waals surface area (Å²) in [7, 11) is 0. The van der Waals surface area contributed by atoms with Crippen molar-refractivity contribution in [3.05, 3.63) is 155 Å². The molecule has 0 saturated heterocycles. The number of fused-ring (bicyclic) bond motifs is 3. The average molecular weight is 655 g/mol. The fourth-order valence-electron chi connectivity index (χ4n) is 8.08. The van der Waals surface area contributed by atoms with Crippen molar-refractivity contribution in [2.45, 2.75) is 64.7 Å². The molecule has 7 rings (SSSR count). The minimum atomic E-state index is 0.333. The van der Waals surface area contributed by atoms with Crippen LogP contribution in [0.15, 0.2) is 126 Å². The lowest BCUT2D eigenvalue weighted by atomic mass is 9.77. The SMILES string of the molecule is CC/C=C\C=C/C(C)c1c(C)c(C)c(-c2c3c(c(-c4ccc5cc(-c6ccccc6)ccc5c4)c4ccccc24)CCC=C3)c(C)c1SC. The van der Waals surface area contributed by atoms with Crippen molar-refractivity contribution >= 4 is 39.4 Å². The molecular formula is C48H46S. The molecule has 0 aliphatic heterocycles. The second-order valence-electron chi connectivity index (χ2n) is 13.5. The Kier molecular flexibility index (Phi) is 9.48. The van der Waals surface area contributed by atoms with Crippen LogP contribution in [-0.4, -0.2) is 6.26 Å². The minimum absolute atomic E-state index is 0.333. The third-order valence-corrected chi connectivity index (χ3v) is 11.5. The molecule has 1 aliphatic rings. The lowest BCUT2D eigenvalue weighted by Crippen LogP contribution is -2.08. The van der Waals surface area contributed by atoms with Gasteiger partial charge in [0, 0.05) is 10.8 Å². The van der Waals surface area contributed by atoms with Crippen LogP contribution in [0.3, 0.4) is 0 Å². The molecule has 0 saturated carbocycles. The lowest BCUT2D eigenvalue weighted by molar-refractivity contribution is 0.905. The molecule has 0 nitrogen and oxygen atoms in total. The van der Waals surface area contributed by atoms with Gasteiger partial charge in [-0.1, -0.05) is 129 Å². The van der Waals surface area contributed by atoms with Crippen LogP contribution in [0.2, 0.25) is 0 Å². The van der Waals surface area contributed by atoms with Crippen molar-refractivity contribution < 1.29 is 0 Å². The van der Waals surface area contributed by atoms with Crippen molar-refractivity contribution in [3.8, 4) is 33.4 Å². The highest BCUT2D eigenvalue weighted by molar-refractivity contribution is 7.98. The highest BCUT2D eigenvalue weighted by Gasteiger charge is 2.27. The fourth-order valence-corrected chi connectivity index (χ4v) is 9.05. The van der Waals surface area contributed by atoms with E-state index in [2.05, 4.69) is 168 Å². The maximum absolute atomic E-state index is 2.42. The Morgan fingerprint density at radius 2 is 1.37 bits per heavy atom. The Morgan fingerprint density at radius 1 is 0.694 bits per heavy atom. The second kappa shape index (κ2) is 14.1. The Hall–Kier alpha value is -4.59. The van der Waals surface area contributed by atoms with Gasteiger partial charge in [-0.3, -0.25) is 0 Å². The van der Waals surface area contributed by atoms with E-state index in [-0.39, 0.29) is 0 Å². The third kappa shape index (κ3) is 6.00. The standard InChI is InChI=1S/C48H46S/c1-7-8-9-11-18-31(2)44-32(3)33(4)45(34(5)48(44)49-6)47-42-23-16-14-21-40(42)46(41-22-15-17-24-43(41)47)39-28-27-37-29-36(25-26-38(37)30-39)35-19-12-10-13-20-35/h8-14,16-21,23-31H,7,15,22H2,1-6H3/b9-8-,18-11-. The largest absolute Gasteiger partial charge is 0.129 e. The maximum atomic E-state index is 2.42. The van der Waals surface area contributed by atoms with Gasteiger partial charge in [0.05, 0.1) is 0 Å². The van der Waals surface area contributed by atoms with E-state index in [0.29, 0.717) is 5.92 Å². The topological polar surface area (TPSA) is 0 Å². The van der Waals surface area contributed by atoms with E-state index in [1.54, 1.807) is 0 Å². The normalized spacial score (nSPS) is 13.6. The van der Waals surface area contributed by atoms with Gasteiger partial charge in [0.2, 0.25) is 0 Å². The summed E-state index contributed by atoms with van der Waals surface area (Å²) in [5.41, 5.74) is 16.5. The second-order valence-corrected chi connectivity index (χ2v) is 14.3. The first kappa shape index (κ1) is 32.9. The van der Waals surface area contributed by atoms with Crippen LogP contribution in [0.1, 0.15) is 66.0 Å². The van der Waals surface area contributed by atoms with Crippen LogP contribution in [-0.2, 0) is 6.42 Å². The van der Waals surface area contributed by atoms with Crippen molar-refractivity contribution in [2.75, 3.05) is 6.26 Å². The number of benzene rings is 6. The summed E-state index contributed by atoms with van der Waals surface area (Å²) < 4.78 is 0. The fraction of sp³-hybridized carbons (Fsp3) is 0.208. The molecule has 1 heteroatoms. The summed E-state index contributed by atoms with van der Waals surface area (Å²) in [5.74, 6) is 0.333. The van der Waals surface area contributed by atoms with Gasteiger partial charge in [-0.15, -0.1) is 11.8 Å². The van der Waals surface area contributed by atoms with Gasteiger partial charge in [-0.05, 0) is 147 Å². The zero-order chi connectivity index (χ0) is 34.1. The summed E-state index contributed by atoms with van der Waals surface area (Å²) in [4.78, 5) is 1.42. The van der Waals surface area contributed by atoms with Gasteiger partial charge in [-0.25, -0.2) is 0 Å². The van der Waals surface area contributed by atoms with E-state index in [1.165, 1.54) is 93.2 Å². The van der Waals surface area contributed by atoms with E-state index in [0.717, 1.165) is 19.3 Å². The van der Waals surface area contributed by atoms with E-state index in [1.807, 2.05) is 11.8 Å². The zero-order valence-electron chi connectivity index (χ0n) is 29.7. The highest BCUT2D eigenvalue weighted by atomic mass is 32.2. The van der Waals surface area contributed by atoms with Crippen LogP contribution < -0.4 is 0 Å². The molecule has 49 heavy (non-hydrogen) atoms. The predicted molar refractivity (Wildman–Crippen MR) is 218 cm³/mol. The monoisotopic (exact) mass is 654 g/mol. The van der Waals surface area contributed by atoms with Gasteiger partial charge < -0.3 is 0 Å². The highest BCUT2D eigenvalue weighted by Crippen LogP contribution is 2.49. The summed E-state index contributed by atoms with van der Waals surface area (Å²) in [6.45, 7) is 11.6. The molecule has 0 amide bonds. The molecule has 1 atom stereocenters. The Labute approximate surface area is 297 Å². The van der Waals surface area contributed by atoms with Crippen molar-refractivity contribution in [2.24, 2.45) is 0 Å². The number of hydrogen-bond acceptors (Lipinski definition) is 1. The minimum Gasteiger partial charge on any atom is -0.129 e. The van der Waals surface area contributed by atoms with Crippen molar-refractivity contribution in [3.63, 3.8) is 0 Å². The van der Waals surface area contributed by atoms with Gasteiger partial charge in [0.1, 0.15) is 0 Å². The van der Waals surface area contributed by atoms with Gasteiger partial charge in [0.15, 0.2) is 0 Å². The van der Waals surface area contributed by atoms with Crippen LogP contribution in [0, 0.1) is 20.8 Å². The third-order valence-electron chi connectivity index (χ3n) is 10.5. The molecule has 0 heterocycles. The number of thioether (sulfide) groups is 1. The summed E-state index contributed by atoms with van der Waals surface area (Å²) in [6, 6.07) is 33.8. The van der Waals surface area contributed by atoms with Crippen molar-refractivity contribution in [1.29, 1.82) is 0 Å². The smallest absolute Gasteiger partial charge is 0.0145 e. The molecule has 1 unspecified atom stereocenters. The quantitative estimate of drug-likeness (QED) is 0.116. The number of rotatable bonds is 8. The molecule has 244 valence electrons. The number of hydrogen-bond donors (Lipinski definition) is 0. The molecule has 0 N–H and O–H groups in total. The van der Waals surface area contributed by atoms with Crippen molar-refractivity contribution in [1.82, 2.24) is 0 Å². The first-order chi connectivity index (χ1) is 23.9. The average Bonchev–Trinajstić information content (AvgIpc) is 3.14. The van der Waals surface area contributed by atoms with Crippen LogP contribution in [0.5, 0.6) is 0 Å². The first-order valence-corrected chi connectivity index (χ1v) is 19.0. The summed E-state index contributed by atoms with van der Waals surface area (Å²) >= 11 is 1.90. The molecule has 6 aromatic carbocycles. The molecule has 0 bridgehead atoms.